The molecular formula is C19H24N4O3S. The molecule has 0 bridgehead atoms. The van der Waals surface area contributed by atoms with Gasteiger partial charge in [0, 0.05) is 43.5 Å². The summed E-state index contributed by atoms with van der Waals surface area (Å²) < 4.78 is 33.3. The van der Waals surface area contributed by atoms with E-state index in [1.54, 1.807) is 35.7 Å². The van der Waals surface area contributed by atoms with Crippen LogP contribution in [0.15, 0.2) is 35.4 Å². The van der Waals surface area contributed by atoms with Gasteiger partial charge in [0.1, 0.15) is 11.6 Å². The van der Waals surface area contributed by atoms with Crippen LogP contribution < -0.4 is 10.1 Å². The largest absolute Gasteiger partial charge is 0.497 e. The van der Waals surface area contributed by atoms with Gasteiger partial charge >= 0.3 is 0 Å². The zero-order valence-electron chi connectivity index (χ0n) is 15.4. The molecule has 2 aromatic rings. The molecule has 1 N–H and O–H groups in total. The molecule has 1 aromatic carbocycles. The molecule has 0 radical (unpaired) electrons. The molecule has 1 aromatic heterocycles. The fourth-order valence-electron chi connectivity index (χ4n) is 3.75. The topological polar surface area (TPSA) is 84.4 Å². The number of methoxy groups -OCH3 is 1. The Morgan fingerprint density at radius 1 is 1.22 bits per heavy atom. The molecule has 0 amide bonds. The number of benzene rings is 1. The molecule has 3 heterocycles. The highest BCUT2D eigenvalue weighted by Crippen LogP contribution is 2.34. The van der Waals surface area contributed by atoms with Crippen LogP contribution in [0.3, 0.4) is 0 Å². The fraction of sp³-hybridized carbons (Fsp3) is 0.474. The number of piperidine rings is 1. The third-order valence-electron chi connectivity index (χ3n) is 5.24. The average molecular weight is 388 g/mol. The van der Waals surface area contributed by atoms with Gasteiger partial charge in [0.05, 0.1) is 18.0 Å². The van der Waals surface area contributed by atoms with Crippen LogP contribution in [0.2, 0.25) is 0 Å². The molecular weight excluding hydrogens is 364 g/mol. The maximum atomic E-state index is 13.3. The highest BCUT2D eigenvalue weighted by molar-refractivity contribution is 7.89. The number of hydrogen-bond donors (Lipinski definition) is 1. The van der Waals surface area contributed by atoms with E-state index in [-0.39, 0.29) is 10.9 Å². The van der Waals surface area contributed by atoms with Crippen LogP contribution in [0.4, 0.5) is 0 Å². The van der Waals surface area contributed by atoms with Gasteiger partial charge in [-0.15, -0.1) is 0 Å². The van der Waals surface area contributed by atoms with Crippen molar-refractivity contribution in [3.8, 4) is 5.75 Å². The summed E-state index contributed by atoms with van der Waals surface area (Å²) in [6.45, 7) is 2.15. The average Bonchev–Trinajstić information content (AvgIpc) is 2.73. The second-order valence-electron chi connectivity index (χ2n) is 6.93. The monoisotopic (exact) mass is 388 g/mol. The van der Waals surface area contributed by atoms with E-state index in [9.17, 15) is 8.42 Å². The number of nitrogens with zero attached hydrogens (tertiary/aromatic N) is 3. The lowest BCUT2D eigenvalue weighted by molar-refractivity contribution is 0.245. The lowest BCUT2D eigenvalue weighted by Crippen LogP contribution is -2.39. The summed E-state index contributed by atoms with van der Waals surface area (Å²) in [5, 5.41) is 3.31. The first-order valence-electron chi connectivity index (χ1n) is 9.31. The molecule has 1 saturated heterocycles. The number of fused-ring (bicyclic) bond motifs is 1. The summed E-state index contributed by atoms with van der Waals surface area (Å²) in [4.78, 5) is 9.54. The Hall–Kier alpha value is -2.03. The van der Waals surface area contributed by atoms with E-state index in [2.05, 4.69) is 10.3 Å². The number of aromatic nitrogens is 2. The van der Waals surface area contributed by atoms with Crippen LogP contribution in [0.1, 0.15) is 42.4 Å². The van der Waals surface area contributed by atoms with E-state index in [1.165, 1.54) is 0 Å². The van der Waals surface area contributed by atoms with Gasteiger partial charge in [-0.2, -0.15) is 4.31 Å². The number of ether oxygens (including phenoxy) is 1. The van der Waals surface area contributed by atoms with Crippen LogP contribution in [0.5, 0.6) is 5.75 Å². The van der Waals surface area contributed by atoms with Crippen LogP contribution in [-0.4, -0.2) is 42.9 Å². The van der Waals surface area contributed by atoms with Gasteiger partial charge in [-0.25, -0.2) is 18.4 Å². The third kappa shape index (κ3) is 3.56. The van der Waals surface area contributed by atoms with Gasteiger partial charge in [-0.3, -0.25) is 0 Å². The molecule has 7 nitrogen and oxygen atoms in total. The highest BCUT2D eigenvalue weighted by atomic mass is 32.2. The van der Waals surface area contributed by atoms with Crippen LogP contribution in [0, 0.1) is 0 Å². The van der Waals surface area contributed by atoms with Gasteiger partial charge < -0.3 is 10.1 Å². The van der Waals surface area contributed by atoms with Crippen molar-refractivity contribution in [1.29, 1.82) is 0 Å². The quantitative estimate of drug-likeness (QED) is 0.863. The van der Waals surface area contributed by atoms with Crippen molar-refractivity contribution in [3.63, 3.8) is 0 Å². The third-order valence-corrected chi connectivity index (χ3v) is 7.17. The summed E-state index contributed by atoms with van der Waals surface area (Å²) in [6.07, 6.45) is 5.26. The predicted molar refractivity (Wildman–Crippen MR) is 101 cm³/mol. The minimum absolute atomic E-state index is 0.275. The molecule has 0 spiro atoms. The van der Waals surface area contributed by atoms with Crippen LogP contribution >= 0.6 is 0 Å². The maximum absolute atomic E-state index is 13.3. The summed E-state index contributed by atoms with van der Waals surface area (Å²) in [5.41, 5.74) is 2.14. The van der Waals surface area contributed by atoms with Gasteiger partial charge in [0.2, 0.25) is 10.0 Å². The van der Waals surface area contributed by atoms with Crippen molar-refractivity contribution < 1.29 is 13.2 Å². The zero-order valence-corrected chi connectivity index (χ0v) is 16.2. The van der Waals surface area contributed by atoms with E-state index in [1.807, 2.05) is 6.20 Å². The van der Waals surface area contributed by atoms with Gasteiger partial charge in [0.25, 0.3) is 0 Å². The second kappa shape index (κ2) is 7.53. The molecule has 144 valence electrons. The van der Waals surface area contributed by atoms with Crippen molar-refractivity contribution in [2.75, 3.05) is 20.2 Å². The standard InChI is InChI=1S/C19H24N4O3S/c1-26-15-5-7-16(8-6-15)27(24,25)23-11-3-2-4-18(23)19-21-13-14-12-20-10-9-17(14)22-19/h5-8,13,18,20H,2-4,9-12H2,1H3/t18-/m1/s1. The summed E-state index contributed by atoms with van der Waals surface area (Å²) in [6, 6.07) is 6.23. The molecule has 0 aliphatic carbocycles. The minimum Gasteiger partial charge on any atom is -0.497 e. The molecule has 1 atom stereocenters. The number of rotatable bonds is 4. The van der Waals surface area contributed by atoms with Gasteiger partial charge in [-0.05, 0) is 37.1 Å². The Kier molecular flexibility index (Phi) is 5.12. The van der Waals surface area contributed by atoms with Gasteiger partial charge in [0.15, 0.2) is 0 Å². The van der Waals surface area contributed by atoms with Crippen molar-refractivity contribution in [2.24, 2.45) is 0 Å². The van der Waals surface area contributed by atoms with Crippen LogP contribution in [-0.2, 0) is 23.0 Å². The summed E-state index contributed by atoms with van der Waals surface area (Å²) in [5.74, 6) is 1.25. The molecule has 0 unspecified atom stereocenters. The second-order valence-corrected chi connectivity index (χ2v) is 8.82. The molecule has 8 heteroatoms. The minimum atomic E-state index is -3.62. The number of hydrogen-bond acceptors (Lipinski definition) is 6. The Labute approximate surface area is 159 Å². The van der Waals surface area contributed by atoms with Crippen LogP contribution in [0.25, 0.3) is 0 Å². The lowest BCUT2D eigenvalue weighted by atomic mass is 10.0. The molecule has 2 aliphatic heterocycles. The molecule has 4 rings (SSSR count). The molecule has 27 heavy (non-hydrogen) atoms. The SMILES string of the molecule is COc1ccc(S(=O)(=O)N2CCCC[C@@H]2c2ncc3c(n2)CCNC3)cc1. The Morgan fingerprint density at radius 3 is 2.81 bits per heavy atom. The molecule has 2 aliphatic rings. The maximum Gasteiger partial charge on any atom is 0.243 e. The van der Waals surface area contributed by atoms with E-state index in [4.69, 9.17) is 9.72 Å². The van der Waals surface area contributed by atoms with Crippen molar-refractivity contribution in [3.05, 3.63) is 47.5 Å². The Balaban J connectivity index is 1.67. The van der Waals surface area contributed by atoms with Crippen molar-refractivity contribution >= 4 is 10.0 Å². The first kappa shape index (κ1) is 18.3. The lowest BCUT2D eigenvalue weighted by Gasteiger charge is -2.34. The first-order chi connectivity index (χ1) is 13.1. The van der Waals surface area contributed by atoms with E-state index in [0.717, 1.165) is 50.0 Å². The summed E-state index contributed by atoms with van der Waals surface area (Å²) in [7, 11) is -2.06. The predicted octanol–water partition coefficient (Wildman–Crippen LogP) is 2.05. The van der Waals surface area contributed by atoms with E-state index >= 15 is 0 Å². The Bertz CT molecular complexity index is 915. The summed E-state index contributed by atoms with van der Waals surface area (Å²) >= 11 is 0. The van der Waals surface area contributed by atoms with E-state index in [0.29, 0.717) is 18.1 Å². The van der Waals surface area contributed by atoms with Crippen molar-refractivity contribution in [1.82, 2.24) is 19.6 Å². The Morgan fingerprint density at radius 2 is 2.04 bits per heavy atom. The highest BCUT2D eigenvalue weighted by Gasteiger charge is 2.36. The number of nitrogens with one attached hydrogen (secondary N) is 1. The number of sulfonamides is 1. The smallest absolute Gasteiger partial charge is 0.243 e. The fourth-order valence-corrected chi connectivity index (χ4v) is 5.40. The van der Waals surface area contributed by atoms with Gasteiger partial charge in [-0.1, -0.05) is 6.42 Å². The van der Waals surface area contributed by atoms with Crippen molar-refractivity contribution in [2.45, 2.75) is 43.2 Å². The molecule has 0 saturated carbocycles. The molecule has 1 fully saturated rings. The normalized spacial score (nSPS) is 20.9. The first-order valence-corrected chi connectivity index (χ1v) is 10.7. The zero-order chi connectivity index (χ0) is 18.9. The van der Waals surface area contributed by atoms with E-state index < -0.39 is 10.0 Å².